The van der Waals surface area contributed by atoms with E-state index in [4.69, 9.17) is 0 Å². The van der Waals surface area contributed by atoms with Crippen LogP contribution in [0.5, 0.6) is 0 Å². The van der Waals surface area contributed by atoms with E-state index in [-0.39, 0.29) is 11.8 Å². The Kier molecular flexibility index (Phi) is 2.59. The number of amides is 1. The lowest BCUT2D eigenvalue weighted by molar-refractivity contribution is -0.120. The minimum absolute atomic E-state index is 0.140. The third-order valence-corrected chi connectivity index (χ3v) is 3.31. The zero-order valence-electron chi connectivity index (χ0n) is 7.27. The molecule has 0 aromatic carbocycles. The smallest absolute Gasteiger partial charge is 0.242 e. The molecule has 1 atom stereocenters. The van der Waals surface area contributed by atoms with Gasteiger partial charge in [0, 0.05) is 24.1 Å². The van der Waals surface area contributed by atoms with E-state index in [2.05, 4.69) is 5.43 Å². The van der Waals surface area contributed by atoms with Crippen molar-refractivity contribution in [3.63, 3.8) is 0 Å². The van der Waals surface area contributed by atoms with Crippen LogP contribution < -0.4 is 5.43 Å². The molecule has 1 aromatic rings. The van der Waals surface area contributed by atoms with E-state index in [1.165, 1.54) is 0 Å². The van der Waals surface area contributed by atoms with Crippen molar-refractivity contribution in [2.24, 2.45) is 5.92 Å². The molecule has 0 saturated carbocycles. The van der Waals surface area contributed by atoms with Gasteiger partial charge in [-0.3, -0.25) is 14.9 Å². The van der Waals surface area contributed by atoms with Gasteiger partial charge in [-0.1, -0.05) is 0 Å². The van der Waals surface area contributed by atoms with Crippen molar-refractivity contribution in [2.45, 2.75) is 6.42 Å². The Hall–Kier alpha value is -0.900. The van der Waals surface area contributed by atoms with E-state index in [1.54, 1.807) is 4.68 Å². The van der Waals surface area contributed by atoms with Gasteiger partial charge in [-0.25, -0.2) is 0 Å². The van der Waals surface area contributed by atoms with Gasteiger partial charge >= 0.3 is 0 Å². The first-order chi connectivity index (χ1) is 6.36. The second kappa shape index (κ2) is 3.87. The zero-order chi connectivity index (χ0) is 9.10. The molecule has 0 aliphatic carbocycles. The Morgan fingerprint density at radius 1 is 1.46 bits per heavy atom. The van der Waals surface area contributed by atoms with Crippen LogP contribution in [0.1, 0.15) is 6.42 Å². The number of nitrogens with zero attached hydrogens (tertiary/aromatic N) is 1. The second-order valence-corrected chi connectivity index (χ2v) is 4.28. The highest BCUT2D eigenvalue weighted by atomic mass is 32.2. The fourth-order valence-electron chi connectivity index (χ4n) is 1.37. The van der Waals surface area contributed by atoms with Crippen LogP contribution in [0, 0.1) is 5.92 Å². The summed E-state index contributed by atoms with van der Waals surface area (Å²) in [7, 11) is 0. The molecular weight excluding hydrogens is 184 g/mol. The lowest BCUT2D eigenvalue weighted by atomic mass is 10.1. The van der Waals surface area contributed by atoms with Crippen LogP contribution in [-0.4, -0.2) is 22.1 Å². The Morgan fingerprint density at radius 2 is 2.23 bits per heavy atom. The maximum absolute atomic E-state index is 11.6. The molecule has 3 nitrogen and oxygen atoms in total. The van der Waals surface area contributed by atoms with Crippen LogP contribution in [-0.2, 0) is 4.79 Å². The van der Waals surface area contributed by atoms with E-state index in [0.717, 1.165) is 17.9 Å². The zero-order valence-corrected chi connectivity index (χ0v) is 8.09. The molecule has 1 N–H and O–H groups in total. The third kappa shape index (κ3) is 2.06. The number of carbonyl (C=O) groups excluding carboxylic acids is 1. The number of carbonyl (C=O) groups is 1. The highest BCUT2D eigenvalue weighted by Gasteiger charge is 2.22. The molecule has 13 heavy (non-hydrogen) atoms. The molecule has 0 bridgehead atoms. The summed E-state index contributed by atoms with van der Waals surface area (Å²) in [5.41, 5.74) is 2.83. The van der Waals surface area contributed by atoms with Crippen molar-refractivity contribution in [3.8, 4) is 0 Å². The summed E-state index contributed by atoms with van der Waals surface area (Å²) < 4.78 is 1.70. The van der Waals surface area contributed by atoms with Gasteiger partial charge in [0.15, 0.2) is 0 Å². The summed E-state index contributed by atoms with van der Waals surface area (Å²) in [4.78, 5) is 11.6. The van der Waals surface area contributed by atoms with Crippen LogP contribution in [0.25, 0.3) is 0 Å². The number of nitrogens with one attached hydrogen (secondary N) is 1. The topological polar surface area (TPSA) is 34.0 Å². The summed E-state index contributed by atoms with van der Waals surface area (Å²) in [5.74, 6) is 2.42. The quantitative estimate of drug-likeness (QED) is 0.774. The number of aromatic nitrogens is 1. The maximum atomic E-state index is 11.6. The summed E-state index contributed by atoms with van der Waals surface area (Å²) in [5, 5.41) is 0. The van der Waals surface area contributed by atoms with Gasteiger partial charge < -0.3 is 0 Å². The monoisotopic (exact) mass is 196 g/mol. The molecule has 1 amide bonds. The predicted octanol–water partition coefficient (Wildman–Crippen LogP) is 1.31. The first-order valence-corrected chi connectivity index (χ1v) is 5.53. The van der Waals surface area contributed by atoms with Crippen LogP contribution >= 0.6 is 11.8 Å². The summed E-state index contributed by atoms with van der Waals surface area (Å²) in [6.07, 6.45) is 4.68. The van der Waals surface area contributed by atoms with E-state index in [0.29, 0.717) is 0 Å². The Morgan fingerprint density at radius 3 is 2.85 bits per heavy atom. The fraction of sp³-hybridized carbons (Fsp3) is 0.444. The van der Waals surface area contributed by atoms with E-state index in [9.17, 15) is 4.79 Å². The lowest BCUT2D eigenvalue weighted by Gasteiger charge is -2.09. The largest absolute Gasteiger partial charge is 0.273 e. The Balaban J connectivity index is 1.91. The first kappa shape index (κ1) is 8.69. The van der Waals surface area contributed by atoms with Gasteiger partial charge in [0.2, 0.25) is 5.91 Å². The second-order valence-electron chi connectivity index (χ2n) is 3.13. The minimum Gasteiger partial charge on any atom is -0.273 e. The average Bonchev–Trinajstić information content (AvgIpc) is 2.74. The third-order valence-electron chi connectivity index (χ3n) is 2.14. The molecule has 1 aliphatic heterocycles. The first-order valence-electron chi connectivity index (χ1n) is 4.38. The number of hydrogen-bond acceptors (Lipinski definition) is 2. The number of thioether (sulfide) groups is 1. The standard InChI is InChI=1S/C9H12N2OS/c12-9(8-3-6-13-7-8)10-11-4-1-2-5-11/h1-2,4-5,8H,3,6-7H2,(H,10,12). The highest BCUT2D eigenvalue weighted by molar-refractivity contribution is 7.99. The van der Waals surface area contributed by atoms with Crippen LogP contribution in [0.2, 0.25) is 0 Å². The van der Waals surface area contributed by atoms with Gasteiger partial charge in [0.05, 0.1) is 0 Å². The molecule has 1 aromatic heterocycles. The fourth-order valence-corrected chi connectivity index (χ4v) is 2.59. The molecule has 0 spiro atoms. The normalized spacial score (nSPS) is 21.7. The summed E-state index contributed by atoms with van der Waals surface area (Å²) in [6, 6.07) is 3.79. The highest BCUT2D eigenvalue weighted by Crippen LogP contribution is 2.23. The van der Waals surface area contributed by atoms with Gasteiger partial charge in [0.1, 0.15) is 0 Å². The molecule has 4 heteroatoms. The van der Waals surface area contributed by atoms with E-state index in [1.807, 2.05) is 36.3 Å². The van der Waals surface area contributed by atoms with Crippen molar-refractivity contribution in [1.82, 2.24) is 4.68 Å². The van der Waals surface area contributed by atoms with E-state index >= 15 is 0 Å². The summed E-state index contributed by atoms with van der Waals surface area (Å²) >= 11 is 1.85. The SMILES string of the molecule is O=C(Nn1cccc1)C1CCSC1. The molecule has 0 radical (unpaired) electrons. The molecule has 1 saturated heterocycles. The Bertz CT molecular complexity index is 278. The van der Waals surface area contributed by atoms with Crippen molar-refractivity contribution >= 4 is 17.7 Å². The predicted molar refractivity (Wildman–Crippen MR) is 54.2 cm³/mol. The van der Waals surface area contributed by atoms with Gasteiger partial charge in [-0.05, 0) is 24.3 Å². The number of hydrogen-bond donors (Lipinski definition) is 1. The molecular formula is C9H12N2OS. The molecule has 70 valence electrons. The van der Waals surface area contributed by atoms with Gasteiger partial charge in [-0.15, -0.1) is 0 Å². The molecule has 1 aliphatic rings. The van der Waals surface area contributed by atoms with Crippen LogP contribution in [0.3, 0.4) is 0 Å². The maximum Gasteiger partial charge on any atom is 0.242 e. The van der Waals surface area contributed by atoms with Crippen molar-refractivity contribution in [1.29, 1.82) is 0 Å². The number of rotatable bonds is 2. The average molecular weight is 196 g/mol. The summed E-state index contributed by atoms with van der Waals surface area (Å²) in [6.45, 7) is 0. The van der Waals surface area contributed by atoms with Gasteiger partial charge in [0.25, 0.3) is 0 Å². The van der Waals surface area contributed by atoms with Gasteiger partial charge in [-0.2, -0.15) is 11.8 Å². The molecule has 1 fully saturated rings. The molecule has 1 unspecified atom stereocenters. The minimum atomic E-state index is 0.140. The van der Waals surface area contributed by atoms with Crippen molar-refractivity contribution in [3.05, 3.63) is 24.5 Å². The van der Waals surface area contributed by atoms with Crippen LogP contribution in [0.15, 0.2) is 24.5 Å². The Labute approximate surface area is 81.5 Å². The molecule has 2 heterocycles. The van der Waals surface area contributed by atoms with Crippen LogP contribution in [0.4, 0.5) is 0 Å². The lowest BCUT2D eigenvalue weighted by Crippen LogP contribution is -2.28. The van der Waals surface area contributed by atoms with E-state index < -0.39 is 0 Å². The molecule has 2 rings (SSSR count). The van der Waals surface area contributed by atoms with Crippen molar-refractivity contribution in [2.75, 3.05) is 16.9 Å². The van der Waals surface area contributed by atoms with Crippen molar-refractivity contribution < 1.29 is 4.79 Å².